The zero-order valence-corrected chi connectivity index (χ0v) is 29.6. The van der Waals surface area contributed by atoms with Gasteiger partial charge in [-0.3, -0.25) is 0 Å². The molecule has 0 atom stereocenters. The number of nitrogens with zero attached hydrogens (tertiary/aromatic N) is 3. The van der Waals surface area contributed by atoms with Crippen LogP contribution in [-0.4, -0.2) is 15.0 Å². The average molecular weight is 724 g/mol. The van der Waals surface area contributed by atoms with Crippen molar-refractivity contribution in [2.45, 2.75) is 0 Å². The van der Waals surface area contributed by atoms with Gasteiger partial charge >= 0.3 is 0 Å². The second kappa shape index (κ2) is 13.0. The van der Waals surface area contributed by atoms with Crippen molar-refractivity contribution in [1.82, 2.24) is 15.0 Å². The average Bonchev–Trinajstić information content (AvgIpc) is 3.92. The second-order valence-corrected chi connectivity index (χ2v) is 13.5. The molecular formula is C51H31N3O2. The topological polar surface area (TPSA) is 65.0 Å². The van der Waals surface area contributed by atoms with Crippen LogP contribution in [-0.2, 0) is 0 Å². The molecule has 0 bridgehead atoms. The third kappa shape index (κ3) is 5.53. The first kappa shape index (κ1) is 26.2. The maximum atomic E-state index is 9.56. The minimum atomic E-state index is -0.357. The summed E-state index contributed by atoms with van der Waals surface area (Å²) in [6.45, 7) is 0. The van der Waals surface area contributed by atoms with Crippen molar-refractivity contribution in [3.05, 3.63) is 188 Å². The van der Waals surface area contributed by atoms with E-state index < -0.39 is 0 Å². The van der Waals surface area contributed by atoms with Crippen molar-refractivity contribution >= 4 is 43.9 Å². The van der Waals surface area contributed by atoms with E-state index in [-0.39, 0.29) is 86.8 Å². The van der Waals surface area contributed by atoms with Crippen molar-refractivity contribution < 1.29 is 17.1 Å². The first-order chi connectivity index (χ1) is 30.2. The van der Waals surface area contributed by atoms with Crippen LogP contribution in [0.15, 0.2) is 197 Å². The molecule has 0 aliphatic carbocycles. The summed E-state index contributed by atoms with van der Waals surface area (Å²) in [5.41, 5.74) is 6.94. The molecule has 0 N–H and O–H groups in total. The standard InChI is InChI=1S/C51H31N3O2/c1-3-10-32(11-4-1)34-18-20-36(21-19-34)38-27-29-46-44(30-38)41-28-26-39(31-47(41)55-46)50-52-49(37-24-22-35(23-25-37)33-12-5-2-6-13-33)53-51(54-50)43-16-9-15-42-40-14-7-8-17-45(40)56-48(42)43/h1-31H/i26D,27D,28D,29D,30D,31D. The van der Waals surface area contributed by atoms with Gasteiger partial charge in [-0.2, -0.15) is 0 Å². The number of benzene rings is 8. The molecule has 0 unspecified atom stereocenters. The van der Waals surface area contributed by atoms with E-state index >= 15 is 0 Å². The molecule has 262 valence electrons. The van der Waals surface area contributed by atoms with Crippen LogP contribution in [0.2, 0.25) is 0 Å². The molecule has 0 aliphatic heterocycles. The SMILES string of the molecule is [2H]c1c(-c2ccc(-c3ccccc3)cc2)c([2H])c2c(oc3c([2H])c(-c4nc(-c5ccc(-c6ccccc6)cc5)nc(-c5cccc6c5oc5ccccc56)n4)c([2H])c([2H])c32)c1[2H]. The number of fused-ring (bicyclic) bond motifs is 6. The molecule has 0 saturated carbocycles. The molecule has 11 aromatic rings. The monoisotopic (exact) mass is 723 g/mol. The lowest BCUT2D eigenvalue weighted by molar-refractivity contribution is 0.668. The van der Waals surface area contributed by atoms with E-state index in [1.807, 2.05) is 152 Å². The third-order valence-corrected chi connectivity index (χ3v) is 10.0. The van der Waals surface area contributed by atoms with Crippen molar-refractivity contribution in [3.8, 4) is 67.5 Å². The van der Waals surface area contributed by atoms with E-state index in [0.717, 1.165) is 33.0 Å². The van der Waals surface area contributed by atoms with Gasteiger partial charge in [-0.05, 0) is 69.7 Å². The molecular weight excluding hydrogens is 687 g/mol. The van der Waals surface area contributed by atoms with E-state index in [2.05, 4.69) is 0 Å². The third-order valence-electron chi connectivity index (χ3n) is 10.0. The molecule has 8 aromatic carbocycles. The van der Waals surface area contributed by atoms with E-state index in [1.54, 1.807) is 0 Å². The zero-order chi connectivity index (χ0) is 42.2. The molecule has 0 spiro atoms. The molecule has 0 amide bonds. The molecule has 5 heteroatoms. The van der Waals surface area contributed by atoms with Gasteiger partial charge in [0.2, 0.25) is 0 Å². The summed E-state index contributed by atoms with van der Waals surface area (Å²) in [5.74, 6) is 0.477. The van der Waals surface area contributed by atoms with Crippen LogP contribution in [0.1, 0.15) is 8.22 Å². The lowest BCUT2D eigenvalue weighted by atomic mass is 9.99. The maximum Gasteiger partial charge on any atom is 0.167 e. The molecule has 0 radical (unpaired) electrons. The van der Waals surface area contributed by atoms with Crippen molar-refractivity contribution in [3.63, 3.8) is 0 Å². The summed E-state index contributed by atoms with van der Waals surface area (Å²) in [7, 11) is 0. The highest BCUT2D eigenvalue weighted by atomic mass is 16.3. The number of aromatic nitrogens is 3. The Hall–Kier alpha value is -7.63. The van der Waals surface area contributed by atoms with Crippen LogP contribution >= 0.6 is 0 Å². The number of hydrogen-bond acceptors (Lipinski definition) is 5. The lowest BCUT2D eigenvalue weighted by Gasteiger charge is -2.09. The Morgan fingerprint density at radius 3 is 1.59 bits per heavy atom. The van der Waals surface area contributed by atoms with Crippen molar-refractivity contribution in [2.24, 2.45) is 0 Å². The zero-order valence-electron chi connectivity index (χ0n) is 35.6. The van der Waals surface area contributed by atoms with Gasteiger partial charge in [-0.15, -0.1) is 0 Å². The summed E-state index contributed by atoms with van der Waals surface area (Å²) in [5, 5.41) is 1.93. The van der Waals surface area contributed by atoms with Gasteiger partial charge in [0.15, 0.2) is 17.5 Å². The van der Waals surface area contributed by atoms with Gasteiger partial charge in [0.05, 0.1) is 13.8 Å². The summed E-state index contributed by atoms with van der Waals surface area (Å²) >= 11 is 0. The Morgan fingerprint density at radius 2 is 0.875 bits per heavy atom. The van der Waals surface area contributed by atoms with Gasteiger partial charge in [0, 0.05) is 32.7 Å². The Balaban J connectivity index is 1.11. The minimum Gasteiger partial charge on any atom is -0.456 e. The Kier molecular flexibility index (Phi) is 6.10. The Labute approximate surface area is 330 Å². The highest BCUT2D eigenvalue weighted by Gasteiger charge is 2.19. The maximum absolute atomic E-state index is 9.56. The Bertz CT molecular complexity index is 3570. The largest absolute Gasteiger partial charge is 0.456 e. The number of furan rings is 2. The van der Waals surface area contributed by atoms with E-state index in [1.165, 1.54) is 0 Å². The summed E-state index contributed by atoms with van der Waals surface area (Å²) in [6.07, 6.45) is 0. The fraction of sp³-hybridized carbons (Fsp3) is 0. The van der Waals surface area contributed by atoms with E-state index in [9.17, 15) is 5.48 Å². The van der Waals surface area contributed by atoms with Gasteiger partial charge in [-0.25, -0.2) is 15.0 Å². The van der Waals surface area contributed by atoms with Gasteiger partial charge in [0.1, 0.15) is 22.3 Å². The van der Waals surface area contributed by atoms with Gasteiger partial charge < -0.3 is 8.83 Å². The highest BCUT2D eigenvalue weighted by Crippen LogP contribution is 2.38. The molecule has 0 aliphatic rings. The molecule has 3 aromatic heterocycles. The lowest BCUT2D eigenvalue weighted by Crippen LogP contribution is -2.00. The van der Waals surface area contributed by atoms with Crippen molar-refractivity contribution in [2.75, 3.05) is 0 Å². The van der Waals surface area contributed by atoms with E-state index in [4.69, 9.17) is 26.5 Å². The number of rotatable bonds is 6. The molecule has 56 heavy (non-hydrogen) atoms. The number of hydrogen-bond donors (Lipinski definition) is 0. The summed E-state index contributed by atoms with van der Waals surface area (Å²) in [6, 6.07) is 46.9. The van der Waals surface area contributed by atoms with Crippen LogP contribution < -0.4 is 0 Å². The summed E-state index contributed by atoms with van der Waals surface area (Å²) in [4.78, 5) is 14.7. The normalized spacial score (nSPS) is 13.1. The Morgan fingerprint density at radius 1 is 0.321 bits per heavy atom. The molecule has 11 rings (SSSR count). The van der Waals surface area contributed by atoms with Gasteiger partial charge in [-0.1, -0.05) is 152 Å². The second-order valence-electron chi connectivity index (χ2n) is 13.5. The van der Waals surface area contributed by atoms with Crippen LogP contribution in [0.4, 0.5) is 0 Å². The van der Waals surface area contributed by atoms with Crippen LogP contribution in [0.25, 0.3) is 111 Å². The predicted molar refractivity (Wildman–Crippen MR) is 227 cm³/mol. The van der Waals surface area contributed by atoms with E-state index in [0.29, 0.717) is 27.9 Å². The highest BCUT2D eigenvalue weighted by molar-refractivity contribution is 6.09. The van der Waals surface area contributed by atoms with Crippen LogP contribution in [0.3, 0.4) is 0 Å². The smallest absolute Gasteiger partial charge is 0.167 e. The number of para-hydroxylation sites is 2. The van der Waals surface area contributed by atoms with Crippen LogP contribution in [0, 0.1) is 0 Å². The molecule has 0 saturated heterocycles. The van der Waals surface area contributed by atoms with Crippen LogP contribution in [0.5, 0.6) is 0 Å². The summed E-state index contributed by atoms with van der Waals surface area (Å²) < 4.78 is 68.4. The fourth-order valence-corrected chi connectivity index (χ4v) is 7.21. The molecule has 5 nitrogen and oxygen atoms in total. The fourth-order valence-electron chi connectivity index (χ4n) is 7.21. The predicted octanol–water partition coefficient (Wildman–Crippen LogP) is 13.7. The first-order valence-electron chi connectivity index (χ1n) is 21.2. The molecule has 0 fully saturated rings. The minimum absolute atomic E-state index is 0.0336. The van der Waals surface area contributed by atoms with Gasteiger partial charge in [0.25, 0.3) is 0 Å². The quantitative estimate of drug-likeness (QED) is 0.171. The molecule has 3 heterocycles. The first-order valence-corrected chi connectivity index (χ1v) is 18.2. The van der Waals surface area contributed by atoms with Crippen molar-refractivity contribution in [1.29, 1.82) is 0 Å².